The molecule has 1 heterocycles. The lowest BCUT2D eigenvalue weighted by Gasteiger charge is -2.02. The minimum Gasteiger partial charge on any atom is -0.354 e. The molecule has 0 atom stereocenters. The summed E-state index contributed by atoms with van der Waals surface area (Å²) in [6.07, 6.45) is 12.5. The topological polar surface area (TPSA) is 30.9 Å². The van der Waals surface area contributed by atoms with E-state index in [4.69, 9.17) is 5.73 Å². The molecule has 0 aliphatic rings. The monoisotopic (exact) mass is 208 g/mol. The van der Waals surface area contributed by atoms with Gasteiger partial charge in [-0.3, -0.25) is 0 Å². The van der Waals surface area contributed by atoms with E-state index in [-0.39, 0.29) is 0 Å². The molecule has 0 bridgehead atoms. The smallest absolute Gasteiger partial charge is 0.0219 e. The van der Waals surface area contributed by atoms with Gasteiger partial charge in [0.1, 0.15) is 0 Å². The van der Waals surface area contributed by atoms with E-state index in [0.29, 0.717) is 6.54 Å². The summed E-state index contributed by atoms with van der Waals surface area (Å²) in [7, 11) is 0. The van der Waals surface area contributed by atoms with Crippen LogP contribution in [0.25, 0.3) is 0 Å². The van der Waals surface area contributed by atoms with Crippen LogP contribution in [0.3, 0.4) is 0 Å². The van der Waals surface area contributed by atoms with E-state index < -0.39 is 0 Å². The summed E-state index contributed by atoms with van der Waals surface area (Å²) in [5.74, 6) is 0. The van der Waals surface area contributed by atoms with Gasteiger partial charge >= 0.3 is 0 Å². The third-order valence-corrected chi connectivity index (χ3v) is 2.82. The Bertz CT molecular complexity index is 253. The largest absolute Gasteiger partial charge is 0.354 e. The minimum atomic E-state index is 0.656. The van der Waals surface area contributed by atoms with E-state index in [2.05, 4.69) is 30.0 Å². The van der Waals surface area contributed by atoms with Crippen molar-refractivity contribution in [3.63, 3.8) is 0 Å². The van der Waals surface area contributed by atoms with Crippen molar-refractivity contribution in [2.24, 2.45) is 5.73 Å². The van der Waals surface area contributed by atoms with Crippen LogP contribution in [-0.4, -0.2) is 4.57 Å². The number of rotatable bonds is 8. The number of hydrogen-bond acceptors (Lipinski definition) is 1. The van der Waals surface area contributed by atoms with Crippen molar-refractivity contribution in [1.82, 2.24) is 4.57 Å². The lowest BCUT2D eigenvalue weighted by atomic mass is 10.1. The SMILES string of the molecule is CCCCCCCCn1ccc(CN)c1. The van der Waals surface area contributed by atoms with Gasteiger partial charge in [-0.05, 0) is 18.1 Å². The molecule has 2 N–H and O–H groups in total. The molecule has 2 heteroatoms. The van der Waals surface area contributed by atoms with Gasteiger partial charge in [-0.2, -0.15) is 0 Å². The fraction of sp³-hybridized carbons (Fsp3) is 0.692. The zero-order chi connectivity index (χ0) is 10.9. The van der Waals surface area contributed by atoms with Gasteiger partial charge in [0.05, 0.1) is 0 Å². The Morgan fingerprint density at radius 1 is 1.13 bits per heavy atom. The quantitative estimate of drug-likeness (QED) is 0.653. The first-order valence-electron chi connectivity index (χ1n) is 6.21. The van der Waals surface area contributed by atoms with Crippen LogP contribution in [0.1, 0.15) is 51.0 Å². The number of nitrogens with zero attached hydrogens (tertiary/aromatic N) is 1. The number of aromatic nitrogens is 1. The summed E-state index contributed by atoms with van der Waals surface area (Å²) in [6, 6.07) is 2.11. The Morgan fingerprint density at radius 2 is 1.87 bits per heavy atom. The average Bonchev–Trinajstić information content (AvgIpc) is 2.71. The van der Waals surface area contributed by atoms with Gasteiger partial charge in [-0.1, -0.05) is 39.0 Å². The molecule has 0 aromatic carbocycles. The lowest BCUT2D eigenvalue weighted by molar-refractivity contribution is 0.558. The molecule has 1 rings (SSSR count). The summed E-state index contributed by atoms with van der Waals surface area (Å²) in [6.45, 7) is 4.06. The Kier molecular flexibility index (Phi) is 6.17. The third kappa shape index (κ3) is 5.03. The van der Waals surface area contributed by atoms with Crippen molar-refractivity contribution < 1.29 is 0 Å². The predicted octanol–water partition coefficient (Wildman–Crippen LogP) is 3.31. The molecule has 1 aromatic heterocycles. The minimum absolute atomic E-state index is 0.656. The molecule has 0 aliphatic heterocycles. The van der Waals surface area contributed by atoms with Crippen LogP contribution in [0.5, 0.6) is 0 Å². The molecule has 0 spiro atoms. The highest BCUT2D eigenvalue weighted by Gasteiger charge is 1.94. The van der Waals surface area contributed by atoms with Gasteiger partial charge in [-0.15, -0.1) is 0 Å². The number of nitrogens with two attached hydrogens (primary N) is 1. The van der Waals surface area contributed by atoms with E-state index in [0.717, 1.165) is 6.54 Å². The first kappa shape index (κ1) is 12.3. The number of hydrogen-bond donors (Lipinski definition) is 1. The van der Waals surface area contributed by atoms with Crippen LogP contribution in [0.4, 0.5) is 0 Å². The van der Waals surface area contributed by atoms with Gasteiger partial charge in [0.25, 0.3) is 0 Å². The molecule has 86 valence electrons. The van der Waals surface area contributed by atoms with Crippen molar-refractivity contribution in [2.45, 2.75) is 58.5 Å². The van der Waals surface area contributed by atoms with Crippen molar-refractivity contribution in [3.05, 3.63) is 24.0 Å². The lowest BCUT2D eigenvalue weighted by Crippen LogP contribution is -1.96. The molecule has 0 unspecified atom stereocenters. The Balaban J connectivity index is 2.04. The molecule has 15 heavy (non-hydrogen) atoms. The van der Waals surface area contributed by atoms with E-state index in [1.807, 2.05) is 0 Å². The molecule has 0 saturated carbocycles. The first-order chi connectivity index (χ1) is 7.36. The van der Waals surface area contributed by atoms with Crippen LogP contribution in [0, 0.1) is 0 Å². The van der Waals surface area contributed by atoms with E-state index in [1.165, 1.54) is 44.1 Å². The maximum atomic E-state index is 5.56. The van der Waals surface area contributed by atoms with Crippen LogP contribution >= 0.6 is 0 Å². The molecular formula is C13H24N2. The molecule has 0 fully saturated rings. The van der Waals surface area contributed by atoms with Crippen molar-refractivity contribution >= 4 is 0 Å². The maximum absolute atomic E-state index is 5.56. The highest BCUT2D eigenvalue weighted by atomic mass is 14.9. The normalized spacial score (nSPS) is 10.8. The molecule has 0 radical (unpaired) electrons. The van der Waals surface area contributed by atoms with Crippen LogP contribution in [-0.2, 0) is 13.1 Å². The third-order valence-electron chi connectivity index (χ3n) is 2.82. The van der Waals surface area contributed by atoms with E-state index in [9.17, 15) is 0 Å². The molecule has 0 aliphatic carbocycles. The second-order valence-corrected chi connectivity index (χ2v) is 4.23. The summed E-state index contributed by atoms with van der Waals surface area (Å²) in [4.78, 5) is 0. The van der Waals surface area contributed by atoms with Gasteiger partial charge in [0.15, 0.2) is 0 Å². The predicted molar refractivity (Wildman–Crippen MR) is 65.7 cm³/mol. The van der Waals surface area contributed by atoms with Gasteiger partial charge < -0.3 is 10.3 Å². The second-order valence-electron chi connectivity index (χ2n) is 4.23. The maximum Gasteiger partial charge on any atom is 0.0219 e. The van der Waals surface area contributed by atoms with Crippen LogP contribution in [0.2, 0.25) is 0 Å². The summed E-state index contributed by atoms with van der Waals surface area (Å²) >= 11 is 0. The highest BCUT2D eigenvalue weighted by molar-refractivity contribution is 5.09. The molecular weight excluding hydrogens is 184 g/mol. The Labute approximate surface area is 93.5 Å². The number of aryl methyl sites for hydroxylation is 1. The zero-order valence-electron chi connectivity index (χ0n) is 9.91. The van der Waals surface area contributed by atoms with Gasteiger partial charge in [0, 0.05) is 25.5 Å². The fourth-order valence-corrected chi connectivity index (χ4v) is 1.83. The van der Waals surface area contributed by atoms with Crippen molar-refractivity contribution in [3.8, 4) is 0 Å². The van der Waals surface area contributed by atoms with Gasteiger partial charge in [0.2, 0.25) is 0 Å². The molecule has 2 nitrogen and oxygen atoms in total. The Hall–Kier alpha value is -0.760. The summed E-state index contributed by atoms with van der Waals surface area (Å²) < 4.78 is 2.25. The fourth-order valence-electron chi connectivity index (χ4n) is 1.83. The standard InChI is InChI=1S/C13H24N2/c1-2-3-4-5-6-7-9-15-10-8-13(11-14)12-15/h8,10,12H,2-7,9,11,14H2,1H3. The van der Waals surface area contributed by atoms with E-state index >= 15 is 0 Å². The molecule has 0 saturated heterocycles. The Morgan fingerprint density at radius 3 is 2.53 bits per heavy atom. The van der Waals surface area contributed by atoms with Crippen LogP contribution in [0.15, 0.2) is 18.5 Å². The van der Waals surface area contributed by atoms with Crippen molar-refractivity contribution in [2.75, 3.05) is 0 Å². The van der Waals surface area contributed by atoms with Crippen LogP contribution < -0.4 is 5.73 Å². The molecule has 0 amide bonds. The summed E-state index contributed by atoms with van der Waals surface area (Å²) in [5.41, 5.74) is 6.80. The van der Waals surface area contributed by atoms with E-state index in [1.54, 1.807) is 0 Å². The zero-order valence-corrected chi connectivity index (χ0v) is 9.91. The van der Waals surface area contributed by atoms with Gasteiger partial charge in [-0.25, -0.2) is 0 Å². The highest BCUT2D eigenvalue weighted by Crippen LogP contribution is 2.07. The first-order valence-corrected chi connectivity index (χ1v) is 6.21. The summed E-state index contributed by atoms with van der Waals surface area (Å²) in [5, 5.41) is 0. The number of unbranched alkanes of at least 4 members (excludes halogenated alkanes) is 5. The van der Waals surface area contributed by atoms with Crippen molar-refractivity contribution in [1.29, 1.82) is 0 Å². The average molecular weight is 208 g/mol. The second kappa shape index (κ2) is 7.52. The molecule has 1 aromatic rings.